The number of nitrogens with one attached hydrogen (secondary N) is 1. The minimum atomic E-state index is -4.18. The molecule has 1 N–H and O–H groups in total. The summed E-state index contributed by atoms with van der Waals surface area (Å²) in [7, 11) is -4.18. The van der Waals surface area contributed by atoms with Gasteiger partial charge < -0.3 is 0 Å². The SMILES string of the molecule is O=[N+]([O-])c1ccccc1S(=O)(=O)Nc1cnn(Cc2ccc(F)cc2Cl)c1. The van der Waals surface area contributed by atoms with Gasteiger partial charge in [0.15, 0.2) is 4.90 Å². The highest BCUT2D eigenvalue weighted by molar-refractivity contribution is 7.92. The molecule has 140 valence electrons. The van der Waals surface area contributed by atoms with E-state index in [0.717, 1.165) is 12.1 Å². The van der Waals surface area contributed by atoms with Crippen LogP contribution in [0.2, 0.25) is 5.02 Å². The first-order chi connectivity index (χ1) is 12.8. The van der Waals surface area contributed by atoms with E-state index in [4.69, 9.17) is 11.6 Å². The number of sulfonamides is 1. The van der Waals surface area contributed by atoms with E-state index < -0.39 is 31.3 Å². The molecule has 0 atom stereocenters. The standard InChI is InChI=1S/C16H12ClFN4O4S/c17-14-7-12(18)6-5-11(14)9-21-10-13(8-19-21)20-27(25,26)16-4-2-1-3-15(16)22(23)24/h1-8,10,20H,9H2. The lowest BCUT2D eigenvalue weighted by Crippen LogP contribution is -2.14. The molecule has 0 fully saturated rings. The highest BCUT2D eigenvalue weighted by Gasteiger charge is 2.25. The number of para-hydroxylation sites is 1. The van der Waals surface area contributed by atoms with E-state index in [-0.39, 0.29) is 17.3 Å². The summed E-state index contributed by atoms with van der Waals surface area (Å²) in [6, 6.07) is 8.93. The molecule has 1 aromatic heterocycles. The molecule has 3 aromatic rings. The monoisotopic (exact) mass is 410 g/mol. The van der Waals surface area contributed by atoms with Gasteiger partial charge in [0.1, 0.15) is 5.82 Å². The fourth-order valence-corrected chi connectivity index (χ4v) is 3.80. The summed E-state index contributed by atoms with van der Waals surface area (Å²) in [4.78, 5) is 9.82. The quantitative estimate of drug-likeness (QED) is 0.494. The lowest BCUT2D eigenvalue weighted by Gasteiger charge is -2.06. The first-order valence-corrected chi connectivity index (χ1v) is 9.35. The van der Waals surface area contributed by atoms with Gasteiger partial charge in [-0.25, -0.2) is 12.8 Å². The molecule has 0 aliphatic rings. The Labute approximate surface area is 158 Å². The van der Waals surface area contributed by atoms with Crippen LogP contribution >= 0.6 is 11.6 Å². The number of benzene rings is 2. The molecule has 8 nitrogen and oxygen atoms in total. The first kappa shape index (κ1) is 18.8. The number of rotatable bonds is 6. The van der Waals surface area contributed by atoms with E-state index in [1.807, 2.05) is 0 Å². The number of halogens is 2. The maximum Gasteiger partial charge on any atom is 0.289 e. The highest BCUT2D eigenvalue weighted by Crippen LogP contribution is 2.25. The maximum absolute atomic E-state index is 13.1. The van der Waals surface area contributed by atoms with Crippen LogP contribution in [-0.2, 0) is 16.6 Å². The first-order valence-electron chi connectivity index (χ1n) is 7.49. The van der Waals surface area contributed by atoms with Gasteiger partial charge in [-0.1, -0.05) is 29.8 Å². The molecule has 11 heteroatoms. The van der Waals surface area contributed by atoms with E-state index in [9.17, 15) is 22.9 Å². The molecule has 0 saturated heterocycles. The number of hydrogen-bond acceptors (Lipinski definition) is 5. The van der Waals surface area contributed by atoms with Crippen LogP contribution in [0.3, 0.4) is 0 Å². The van der Waals surface area contributed by atoms with Gasteiger partial charge in [-0.15, -0.1) is 0 Å². The predicted octanol–water partition coefficient (Wildman–Crippen LogP) is 3.43. The van der Waals surface area contributed by atoms with Crippen molar-refractivity contribution < 1.29 is 17.7 Å². The maximum atomic E-state index is 13.1. The molecule has 27 heavy (non-hydrogen) atoms. The number of nitrogens with zero attached hydrogens (tertiary/aromatic N) is 3. The van der Waals surface area contributed by atoms with Crippen molar-refractivity contribution in [3.63, 3.8) is 0 Å². The fourth-order valence-electron chi connectivity index (χ4n) is 2.37. The summed E-state index contributed by atoms with van der Waals surface area (Å²) in [5.41, 5.74) is 0.177. The molecule has 0 bridgehead atoms. The number of anilines is 1. The van der Waals surface area contributed by atoms with Crippen LogP contribution in [0.5, 0.6) is 0 Å². The minimum absolute atomic E-state index is 0.117. The third-order valence-electron chi connectivity index (χ3n) is 3.58. The minimum Gasteiger partial charge on any atom is -0.276 e. The summed E-state index contributed by atoms with van der Waals surface area (Å²) in [5.74, 6) is -0.470. The number of aromatic nitrogens is 2. The molecule has 1 heterocycles. The number of nitro benzene ring substituents is 1. The van der Waals surface area contributed by atoms with Gasteiger partial charge in [-0.2, -0.15) is 5.10 Å². The van der Waals surface area contributed by atoms with Crippen molar-refractivity contribution in [1.29, 1.82) is 0 Å². The zero-order valence-electron chi connectivity index (χ0n) is 13.5. The van der Waals surface area contributed by atoms with Gasteiger partial charge in [-0.05, 0) is 23.8 Å². The van der Waals surface area contributed by atoms with Crippen LogP contribution in [0.4, 0.5) is 15.8 Å². The van der Waals surface area contributed by atoms with E-state index in [1.54, 1.807) is 0 Å². The van der Waals surface area contributed by atoms with Gasteiger partial charge >= 0.3 is 0 Å². The van der Waals surface area contributed by atoms with Gasteiger partial charge in [0, 0.05) is 17.3 Å². The van der Waals surface area contributed by atoms with Gasteiger partial charge in [-0.3, -0.25) is 19.5 Å². The Morgan fingerprint density at radius 2 is 2.00 bits per heavy atom. The molecular weight excluding hydrogens is 399 g/mol. The van der Waals surface area contributed by atoms with Crippen LogP contribution in [-0.4, -0.2) is 23.1 Å². The summed E-state index contributed by atoms with van der Waals surface area (Å²) >= 11 is 5.96. The lowest BCUT2D eigenvalue weighted by molar-refractivity contribution is -0.387. The average Bonchev–Trinajstić information content (AvgIpc) is 3.03. The van der Waals surface area contributed by atoms with Gasteiger partial charge in [0.25, 0.3) is 15.7 Å². The van der Waals surface area contributed by atoms with Crippen LogP contribution < -0.4 is 4.72 Å². The topological polar surface area (TPSA) is 107 Å². The Morgan fingerprint density at radius 3 is 2.70 bits per heavy atom. The second-order valence-corrected chi connectivity index (χ2v) is 7.55. The van der Waals surface area contributed by atoms with Gasteiger partial charge in [0.05, 0.1) is 23.4 Å². The van der Waals surface area contributed by atoms with E-state index in [2.05, 4.69) is 9.82 Å². The largest absolute Gasteiger partial charge is 0.289 e. The van der Waals surface area contributed by atoms with Crippen LogP contribution in [0.25, 0.3) is 0 Å². The molecule has 0 aliphatic carbocycles. The van der Waals surface area contributed by atoms with Crippen molar-refractivity contribution in [2.75, 3.05) is 4.72 Å². The Bertz CT molecular complexity index is 1120. The molecular formula is C16H12ClFN4O4S. The Balaban J connectivity index is 1.82. The van der Waals surface area contributed by atoms with Crippen LogP contribution in [0.15, 0.2) is 59.8 Å². The molecule has 0 unspecified atom stereocenters. The molecule has 0 radical (unpaired) electrons. The van der Waals surface area contributed by atoms with Crippen molar-refractivity contribution >= 4 is 33.0 Å². The van der Waals surface area contributed by atoms with Crippen molar-refractivity contribution in [3.8, 4) is 0 Å². The van der Waals surface area contributed by atoms with Crippen molar-refractivity contribution in [3.05, 3.63) is 81.4 Å². The normalized spacial score (nSPS) is 11.3. The smallest absolute Gasteiger partial charge is 0.276 e. The average molecular weight is 411 g/mol. The van der Waals surface area contributed by atoms with Gasteiger partial charge in [0.2, 0.25) is 0 Å². The predicted molar refractivity (Wildman–Crippen MR) is 96.6 cm³/mol. The van der Waals surface area contributed by atoms with Crippen LogP contribution in [0, 0.1) is 15.9 Å². The fraction of sp³-hybridized carbons (Fsp3) is 0.0625. The summed E-state index contributed by atoms with van der Waals surface area (Å²) in [6.07, 6.45) is 2.65. The van der Waals surface area contributed by atoms with Crippen molar-refractivity contribution in [2.45, 2.75) is 11.4 Å². The van der Waals surface area contributed by atoms with E-state index in [0.29, 0.717) is 5.56 Å². The number of hydrogen-bond donors (Lipinski definition) is 1. The third-order valence-corrected chi connectivity index (χ3v) is 5.36. The second-order valence-electron chi connectivity index (χ2n) is 5.49. The summed E-state index contributed by atoms with van der Waals surface area (Å²) in [5, 5.41) is 15.3. The number of nitro groups is 1. The Morgan fingerprint density at radius 1 is 1.26 bits per heavy atom. The highest BCUT2D eigenvalue weighted by atomic mass is 35.5. The second kappa shape index (κ2) is 7.33. The van der Waals surface area contributed by atoms with Crippen molar-refractivity contribution in [1.82, 2.24) is 9.78 Å². The lowest BCUT2D eigenvalue weighted by atomic mass is 10.2. The molecule has 0 amide bonds. The summed E-state index contributed by atoms with van der Waals surface area (Å²) < 4.78 is 41.7. The zero-order valence-corrected chi connectivity index (χ0v) is 15.1. The zero-order chi connectivity index (χ0) is 19.6. The van der Waals surface area contributed by atoms with E-state index in [1.165, 1.54) is 47.4 Å². The molecule has 2 aromatic carbocycles. The van der Waals surface area contributed by atoms with Crippen molar-refractivity contribution in [2.24, 2.45) is 0 Å². The third kappa shape index (κ3) is 4.23. The summed E-state index contributed by atoms with van der Waals surface area (Å²) in [6.45, 7) is 0.187. The van der Waals surface area contributed by atoms with E-state index >= 15 is 0 Å². The molecule has 3 rings (SSSR count). The molecule has 0 saturated carbocycles. The Hall–Kier alpha value is -2.98. The molecule has 0 aliphatic heterocycles. The Kier molecular flexibility index (Phi) is 5.10. The molecule has 0 spiro atoms. The van der Waals surface area contributed by atoms with Crippen LogP contribution in [0.1, 0.15) is 5.56 Å².